The van der Waals surface area contributed by atoms with Crippen molar-refractivity contribution in [2.75, 3.05) is 23.8 Å². The van der Waals surface area contributed by atoms with Gasteiger partial charge in [0.25, 0.3) is 5.91 Å². The summed E-state index contributed by atoms with van der Waals surface area (Å²) in [5, 5.41) is 9.87. The van der Waals surface area contributed by atoms with Gasteiger partial charge in [-0.25, -0.2) is 0 Å². The molecule has 138 valence electrons. The molecule has 1 atom stereocenters. The Hall–Kier alpha value is -3.48. The number of hydrogen-bond acceptors (Lipinski definition) is 6. The Bertz CT molecular complexity index is 939. The minimum atomic E-state index is -0.620. The van der Waals surface area contributed by atoms with Gasteiger partial charge in [-0.1, -0.05) is 35.5 Å². The Morgan fingerprint density at radius 3 is 2.56 bits per heavy atom. The second kappa shape index (κ2) is 7.41. The molecule has 0 saturated heterocycles. The highest BCUT2D eigenvalue weighted by atomic mass is 16.6. The van der Waals surface area contributed by atoms with Crippen LogP contribution >= 0.6 is 0 Å². The molecule has 3 aromatic rings. The molecule has 0 unspecified atom stereocenters. The predicted molar refractivity (Wildman–Crippen MR) is 100 cm³/mol. The molecule has 7 nitrogen and oxygen atoms in total. The van der Waals surface area contributed by atoms with Gasteiger partial charge in [0.05, 0.1) is 0 Å². The largest absolute Gasteiger partial charge is 0.486 e. The molecule has 7 heteroatoms. The van der Waals surface area contributed by atoms with Crippen LogP contribution in [0, 0.1) is 6.92 Å². The highest BCUT2D eigenvalue weighted by molar-refractivity contribution is 5.96. The van der Waals surface area contributed by atoms with Crippen molar-refractivity contribution in [1.82, 2.24) is 5.16 Å². The summed E-state index contributed by atoms with van der Waals surface area (Å²) in [5.41, 5.74) is 1.57. The molecule has 1 aromatic heterocycles. The quantitative estimate of drug-likeness (QED) is 0.719. The van der Waals surface area contributed by atoms with Crippen LogP contribution < -0.4 is 20.1 Å². The van der Waals surface area contributed by atoms with Gasteiger partial charge in [0.15, 0.2) is 17.3 Å². The van der Waals surface area contributed by atoms with Crippen molar-refractivity contribution in [1.29, 1.82) is 0 Å². The number of rotatable bonds is 5. The summed E-state index contributed by atoms with van der Waals surface area (Å²) >= 11 is 0. The van der Waals surface area contributed by atoms with E-state index in [2.05, 4.69) is 15.8 Å². The van der Waals surface area contributed by atoms with Gasteiger partial charge in [-0.2, -0.15) is 0 Å². The summed E-state index contributed by atoms with van der Waals surface area (Å²) in [4.78, 5) is 12.9. The van der Waals surface area contributed by atoms with Crippen molar-refractivity contribution < 1.29 is 18.8 Å². The first-order valence-electron chi connectivity index (χ1n) is 8.64. The third kappa shape index (κ3) is 3.87. The smallest absolute Gasteiger partial charge is 0.252 e. The van der Waals surface area contributed by atoms with Crippen LogP contribution in [0.2, 0.25) is 0 Å². The zero-order valence-corrected chi connectivity index (χ0v) is 14.8. The molecule has 1 aliphatic rings. The minimum absolute atomic E-state index is 0.246. The van der Waals surface area contributed by atoms with Crippen LogP contribution in [0.1, 0.15) is 17.4 Å². The van der Waals surface area contributed by atoms with Crippen molar-refractivity contribution in [2.45, 2.75) is 13.0 Å². The lowest BCUT2D eigenvalue weighted by atomic mass is 10.1. The Balaban J connectivity index is 1.59. The Kier molecular flexibility index (Phi) is 4.65. The number of anilines is 2. The van der Waals surface area contributed by atoms with Crippen molar-refractivity contribution in [3.8, 4) is 11.5 Å². The number of carbonyl (C=O) groups is 1. The number of aromatic nitrogens is 1. The molecule has 0 spiro atoms. The summed E-state index contributed by atoms with van der Waals surface area (Å²) in [7, 11) is 0. The average molecular weight is 365 g/mol. The van der Waals surface area contributed by atoms with Crippen molar-refractivity contribution >= 4 is 17.4 Å². The van der Waals surface area contributed by atoms with Gasteiger partial charge in [-0.05, 0) is 24.6 Å². The molecule has 0 fully saturated rings. The monoisotopic (exact) mass is 365 g/mol. The normalized spacial score (nSPS) is 13.7. The molecule has 27 heavy (non-hydrogen) atoms. The zero-order chi connectivity index (χ0) is 18.6. The molecule has 0 radical (unpaired) electrons. The molecule has 4 rings (SSSR count). The van der Waals surface area contributed by atoms with E-state index < -0.39 is 6.04 Å². The molecule has 2 N–H and O–H groups in total. The summed E-state index contributed by atoms with van der Waals surface area (Å²) in [6, 6.07) is 16.0. The van der Waals surface area contributed by atoms with Crippen LogP contribution in [0.3, 0.4) is 0 Å². The molecule has 0 bridgehead atoms. The van der Waals surface area contributed by atoms with Crippen molar-refractivity contribution in [2.24, 2.45) is 0 Å². The first-order valence-corrected chi connectivity index (χ1v) is 8.64. The maximum absolute atomic E-state index is 12.9. The highest BCUT2D eigenvalue weighted by Gasteiger charge is 2.22. The van der Waals surface area contributed by atoms with E-state index in [1.165, 1.54) is 0 Å². The van der Waals surface area contributed by atoms with Gasteiger partial charge in [0, 0.05) is 17.8 Å². The number of ether oxygens (including phenoxy) is 2. The Morgan fingerprint density at radius 2 is 1.81 bits per heavy atom. The summed E-state index contributed by atoms with van der Waals surface area (Å²) in [6.45, 7) is 2.81. The lowest BCUT2D eigenvalue weighted by molar-refractivity contribution is -0.117. The first kappa shape index (κ1) is 17.0. The van der Waals surface area contributed by atoms with E-state index >= 15 is 0 Å². The second-order valence-electron chi connectivity index (χ2n) is 6.16. The van der Waals surface area contributed by atoms with E-state index in [1.54, 1.807) is 13.0 Å². The van der Waals surface area contributed by atoms with E-state index in [0.29, 0.717) is 36.3 Å². The molecular weight excluding hydrogens is 346 g/mol. The van der Waals surface area contributed by atoms with Crippen LogP contribution in [0.5, 0.6) is 11.5 Å². The number of amides is 1. The van der Waals surface area contributed by atoms with Crippen LogP contribution in [0.4, 0.5) is 11.5 Å². The third-order valence-corrected chi connectivity index (χ3v) is 4.13. The van der Waals surface area contributed by atoms with Gasteiger partial charge in [0.2, 0.25) is 0 Å². The molecule has 2 heterocycles. The average Bonchev–Trinajstić information content (AvgIpc) is 3.11. The predicted octanol–water partition coefficient (Wildman–Crippen LogP) is 3.55. The van der Waals surface area contributed by atoms with Gasteiger partial charge < -0.3 is 24.6 Å². The zero-order valence-electron chi connectivity index (χ0n) is 14.8. The fourth-order valence-electron chi connectivity index (χ4n) is 2.87. The fourth-order valence-corrected chi connectivity index (χ4v) is 2.87. The van der Waals surface area contributed by atoms with Crippen LogP contribution in [-0.4, -0.2) is 24.3 Å². The number of nitrogens with one attached hydrogen (secondary N) is 2. The van der Waals surface area contributed by atoms with E-state index in [9.17, 15) is 4.79 Å². The summed E-state index contributed by atoms with van der Waals surface area (Å²) in [5.74, 6) is 2.12. The van der Waals surface area contributed by atoms with Crippen molar-refractivity contribution in [3.05, 3.63) is 65.9 Å². The maximum atomic E-state index is 12.9. The van der Waals surface area contributed by atoms with Crippen LogP contribution in [0.15, 0.2) is 59.1 Å². The number of benzene rings is 2. The number of fused-ring (bicyclic) bond motifs is 1. The van der Waals surface area contributed by atoms with Crippen LogP contribution in [-0.2, 0) is 4.79 Å². The van der Waals surface area contributed by atoms with Gasteiger partial charge in [0.1, 0.15) is 25.0 Å². The molecule has 0 saturated carbocycles. The van der Waals surface area contributed by atoms with E-state index in [-0.39, 0.29) is 5.91 Å². The number of hydrogen-bond donors (Lipinski definition) is 2. The molecular formula is C20H19N3O4. The SMILES string of the molecule is Cc1cc(NC(=O)[C@@H](Nc2ccc3c(c2)OCCO3)c2ccccc2)no1. The fraction of sp³-hybridized carbons (Fsp3) is 0.200. The molecule has 1 amide bonds. The summed E-state index contributed by atoms with van der Waals surface area (Å²) in [6.07, 6.45) is 0. The van der Waals surface area contributed by atoms with Gasteiger partial charge in [-0.15, -0.1) is 0 Å². The number of nitrogens with zero attached hydrogens (tertiary/aromatic N) is 1. The Morgan fingerprint density at radius 1 is 1.04 bits per heavy atom. The molecule has 1 aliphatic heterocycles. The highest BCUT2D eigenvalue weighted by Crippen LogP contribution is 2.34. The first-order chi connectivity index (χ1) is 13.2. The summed E-state index contributed by atoms with van der Waals surface area (Å²) < 4.78 is 16.2. The molecule has 2 aromatic carbocycles. The van der Waals surface area contributed by atoms with E-state index in [0.717, 1.165) is 11.3 Å². The standard InChI is InChI=1S/C20H19N3O4/c1-13-11-18(23-27-13)22-20(24)19(14-5-3-2-4-6-14)21-15-7-8-16-17(12-15)26-10-9-25-16/h2-8,11-12,19,21H,9-10H2,1H3,(H,22,23,24)/t19-/m0/s1. The minimum Gasteiger partial charge on any atom is -0.486 e. The topological polar surface area (TPSA) is 85.6 Å². The van der Waals surface area contributed by atoms with Crippen LogP contribution in [0.25, 0.3) is 0 Å². The second-order valence-corrected chi connectivity index (χ2v) is 6.16. The third-order valence-electron chi connectivity index (χ3n) is 4.13. The molecule has 0 aliphatic carbocycles. The number of aryl methyl sites for hydroxylation is 1. The van der Waals surface area contributed by atoms with E-state index in [1.807, 2.05) is 48.5 Å². The lowest BCUT2D eigenvalue weighted by Crippen LogP contribution is -2.27. The van der Waals surface area contributed by atoms with Crippen molar-refractivity contribution in [3.63, 3.8) is 0 Å². The Labute approximate surface area is 156 Å². The maximum Gasteiger partial charge on any atom is 0.252 e. The lowest BCUT2D eigenvalue weighted by Gasteiger charge is -2.22. The van der Waals surface area contributed by atoms with Gasteiger partial charge in [-0.3, -0.25) is 4.79 Å². The number of carbonyl (C=O) groups excluding carboxylic acids is 1. The van der Waals surface area contributed by atoms with Gasteiger partial charge >= 0.3 is 0 Å². The van der Waals surface area contributed by atoms with E-state index in [4.69, 9.17) is 14.0 Å².